The molecule has 0 fully saturated rings. The van der Waals surface area contributed by atoms with E-state index in [2.05, 4.69) is 15.9 Å². The molecule has 0 radical (unpaired) electrons. The first kappa shape index (κ1) is 19.8. The van der Waals surface area contributed by atoms with E-state index in [9.17, 15) is 9.59 Å². The summed E-state index contributed by atoms with van der Waals surface area (Å²) >= 11 is 3.33. The molecule has 2 rings (SSSR count). The van der Waals surface area contributed by atoms with Gasteiger partial charge in [-0.3, -0.25) is 4.79 Å². The quantitative estimate of drug-likeness (QED) is 0.474. The van der Waals surface area contributed by atoms with Crippen LogP contribution >= 0.6 is 15.9 Å². The second-order valence-corrected chi connectivity index (χ2v) is 5.94. The highest BCUT2D eigenvalue weighted by molar-refractivity contribution is 9.10. The highest BCUT2D eigenvalue weighted by Crippen LogP contribution is 2.35. The van der Waals surface area contributed by atoms with Crippen molar-refractivity contribution in [1.29, 1.82) is 0 Å². The Morgan fingerprint density at radius 3 is 2.04 bits per heavy atom. The molecule has 0 aliphatic carbocycles. The predicted octanol–water partition coefficient (Wildman–Crippen LogP) is 3.90. The topological polar surface area (TPSA) is 71.1 Å². The maximum absolute atomic E-state index is 12.2. The number of ketones is 1. The summed E-state index contributed by atoms with van der Waals surface area (Å²) in [6.45, 7) is 2.06. The standard InChI is InChI=1S/C19H19BrO6/c1-4-25-14-7-5-12(6-8-14)15(21)11-26-19(22)13-9-16(23-2)18(20)17(10-13)24-3/h5-10H,4,11H2,1-3H3. The van der Waals surface area contributed by atoms with Crippen molar-refractivity contribution in [2.75, 3.05) is 27.4 Å². The number of carbonyl (C=O) groups is 2. The molecule has 0 aliphatic heterocycles. The second-order valence-electron chi connectivity index (χ2n) is 5.15. The van der Waals surface area contributed by atoms with E-state index in [1.165, 1.54) is 26.4 Å². The van der Waals surface area contributed by atoms with E-state index in [4.69, 9.17) is 18.9 Å². The van der Waals surface area contributed by atoms with E-state index < -0.39 is 5.97 Å². The highest BCUT2D eigenvalue weighted by atomic mass is 79.9. The third kappa shape index (κ3) is 4.76. The van der Waals surface area contributed by atoms with Crippen molar-refractivity contribution in [3.8, 4) is 17.2 Å². The summed E-state index contributed by atoms with van der Waals surface area (Å²) in [6, 6.07) is 9.68. The van der Waals surface area contributed by atoms with Gasteiger partial charge in [0, 0.05) is 5.56 Å². The molecular weight excluding hydrogens is 404 g/mol. The van der Waals surface area contributed by atoms with Crippen LogP contribution in [0, 0.1) is 0 Å². The monoisotopic (exact) mass is 422 g/mol. The fraction of sp³-hybridized carbons (Fsp3) is 0.263. The maximum atomic E-state index is 12.2. The highest BCUT2D eigenvalue weighted by Gasteiger charge is 2.17. The Labute approximate surface area is 160 Å². The number of carbonyl (C=O) groups excluding carboxylic acids is 2. The lowest BCUT2D eigenvalue weighted by molar-refractivity contribution is 0.0474. The largest absolute Gasteiger partial charge is 0.495 e. The fourth-order valence-corrected chi connectivity index (χ4v) is 2.74. The Kier molecular flexibility index (Phi) is 7.03. The van der Waals surface area contributed by atoms with Gasteiger partial charge in [0.1, 0.15) is 21.7 Å². The first-order valence-electron chi connectivity index (χ1n) is 7.84. The normalized spacial score (nSPS) is 10.2. The van der Waals surface area contributed by atoms with E-state index >= 15 is 0 Å². The van der Waals surface area contributed by atoms with Crippen molar-refractivity contribution in [3.05, 3.63) is 52.0 Å². The van der Waals surface area contributed by atoms with Gasteiger partial charge in [-0.05, 0) is 59.3 Å². The zero-order valence-electron chi connectivity index (χ0n) is 14.7. The number of rotatable bonds is 8. The molecule has 0 aliphatic rings. The summed E-state index contributed by atoms with van der Waals surface area (Å²) < 4.78 is 21.4. The van der Waals surface area contributed by atoms with Crippen LogP contribution in [0.5, 0.6) is 17.2 Å². The van der Waals surface area contributed by atoms with Gasteiger partial charge in [0.2, 0.25) is 0 Å². The lowest BCUT2D eigenvalue weighted by Crippen LogP contribution is -2.14. The van der Waals surface area contributed by atoms with Gasteiger partial charge in [-0.1, -0.05) is 0 Å². The van der Waals surface area contributed by atoms with E-state index in [0.717, 1.165) is 0 Å². The molecule has 0 aromatic heterocycles. The van der Waals surface area contributed by atoms with Gasteiger partial charge >= 0.3 is 5.97 Å². The van der Waals surface area contributed by atoms with Crippen molar-refractivity contribution >= 4 is 27.7 Å². The smallest absolute Gasteiger partial charge is 0.338 e. The van der Waals surface area contributed by atoms with Crippen LogP contribution in [0.2, 0.25) is 0 Å². The van der Waals surface area contributed by atoms with Crippen LogP contribution in [0.3, 0.4) is 0 Å². The lowest BCUT2D eigenvalue weighted by Gasteiger charge is -2.11. The summed E-state index contributed by atoms with van der Waals surface area (Å²) in [5.74, 6) is 0.573. The predicted molar refractivity (Wildman–Crippen MR) is 99.5 cm³/mol. The third-order valence-corrected chi connectivity index (χ3v) is 4.28. The minimum atomic E-state index is -0.645. The summed E-state index contributed by atoms with van der Waals surface area (Å²) in [6.07, 6.45) is 0. The molecule has 0 bridgehead atoms. The average Bonchev–Trinajstić information content (AvgIpc) is 2.66. The second kappa shape index (κ2) is 9.24. The Morgan fingerprint density at radius 1 is 0.962 bits per heavy atom. The van der Waals surface area contributed by atoms with E-state index in [-0.39, 0.29) is 18.0 Å². The molecule has 0 atom stereocenters. The third-order valence-electron chi connectivity index (χ3n) is 3.50. The van der Waals surface area contributed by atoms with Gasteiger partial charge in [-0.2, -0.15) is 0 Å². The Hall–Kier alpha value is -2.54. The average molecular weight is 423 g/mol. The zero-order chi connectivity index (χ0) is 19.1. The van der Waals surface area contributed by atoms with E-state index in [1.807, 2.05) is 6.92 Å². The number of benzene rings is 2. The molecule has 0 saturated carbocycles. The van der Waals surface area contributed by atoms with Crippen molar-refractivity contribution in [2.24, 2.45) is 0 Å². The Morgan fingerprint density at radius 2 is 1.54 bits per heavy atom. The molecule has 7 heteroatoms. The van der Waals surface area contributed by atoms with Crippen LogP contribution in [0.4, 0.5) is 0 Å². The molecule has 0 N–H and O–H groups in total. The SMILES string of the molecule is CCOc1ccc(C(=O)COC(=O)c2cc(OC)c(Br)c(OC)c2)cc1. The van der Waals surface area contributed by atoms with Gasteiger partial charge in [0.05, 0.1) is 26.4 Å². The first-order chi connectivity index (χ1) is 12.5. The van der Waals surface area contributed by atoms with Gasteiger partial charge < -0.3 is 18.9 Å². The summed E-state index contributed by atoms with van der Waals surface area (Å²) in [4.78, 5) is 24.4. The lowest BCUT2D eigenvalue weighted by atomic mass is 10.1. The first-order valence-corrected chi connectivity index (χ1v) is 8.64. The minimum Gasteiger partial charge on any atom is -0.495 e. The Balaban J connectivity index is 2.05. The molecule has 6 nitrogen and oxygen atoms in total. The molecule has 0 saturated heterocycles. The van der Waals surface area contributed by atoms with Crippen LogP contribution in [-0.4, -0.2) is 39.2 Å². The number of halogens is 1. The molecule has 138 valence electrons. The van der Waals surface area contributed by atoms with Crippen LogP contribution in [0.25, 0.3) is 0 Å². The van der Waals surface area contributed by atoms with Gasteiger partial charge in [0.25, 0.3) is 0 Å². The Bertz CT molecular complexity index is 760. The molecular formula is C19H19BrO6. The molecule has 2 aromatic carbocycles. The fourth-order valence-electron chi connectivity index (χ4n) is 2.19. The summed E-state index contributed by atoms with van der Waals surface area (Å²) in [5.41, 5.74) is 0.661. The van der Waals surface area contributed by atoms with Gasteiger partial charge in [-0.15, -0.1) is 0 Å². The molecule has 0 spiro atoms. The number of ether oxygens (including phenoxy) is 4. The molecule has 0 amide bonds. The van der Waals surface area contributed by atoms with Crippen LogP contribution in [0.1, 0.15) is 27.6 Å². The number of hydrogen-bond acceptors (Lipinski definition) is 6. The number of esters is 1. The van der Waals surface area contributed by atoms with Crippen molar-refractivity contribution in [1.82, 2.24) is 0 Å². The minimum absolute atomic E-state index is 0.224. The van der Waals surface area contributed by atoms with Gasteiger partial charge in [0.15, 0.2) is 12.4 Å². The number of hydrogen-bond donors (Lipinski definition) is 0. The van der Waals surface area contributed by atoms with E-state index in [0.29, 0.717) is 33.9 Å². The maximum Gasteiger partial charge on any atom is 0.338 e. The van der Waals surface area contributed by atoms with Gasteiger partial charge in [-0.25, -0.2) is 4.79 Å². The number of methoxy groups -OCH3 is 2. The van der Waals surface area contributed by atoms with Crippen molar-refractivity contribution in [3.63, 3.8) is 0 Å². The molecule has 0 unspecified atom stereocenters. The van der Waals surface area contributed by atoms with Crippen molar-refractivity contribution in [2.45, 2.75) is 6.92 Å². The number of Topliss-reactive ketones (excluding diaryl/α,β-unsaturated/α-hetero) is 1. The van der Waals surface area contributed by atoms with Crippen LogP contribution in [0.15, 0.2) is 40.9 Å². The summed E-state index contributed by atoms with van der Waals surface area (Å²) in [5, 5.41) is 0. The van der Waals surface area contributed by atoms with Crippen LogP contribution in [-0.2, 0) is 4.74 Å². The zero-order valence-corrected chi connectivity index (χ0v) is 16.3. The molecule has 0 heterocycles. The molecule has 2 aromatic rings. The van der Waals surface area contributed by atoms with E-state index in [1.54, 1.807) is 24.3 Å². The van der Waals surface area contributed by atoms with Crippen LogP contribution < -0.4 is 14.2 Å². The molecule has 26 heavy (non-hydrogen) atoms. The summed E-state index contributed by atoms with van der Waals surface area (Å²) in [7, 11) is 2.95. The van der Waals surface area contributed by atoms with Crippen molar-refractivity contribution < 1.29 is 28.5 Å².